The maximum absolute atomic E-state index is 13.2. The molecule has 0 spiro atoms. The molecule has 2 aromatic rings. The van der Waals surface area contributed by atoms with Crippen LogP contribution in [-0.2, 0) is 11.2 Å². The third kappa shape index (κ3) is 3.75. The number of nitrogens with zero attached hydrogens (tertiary/aromatic N) is 1. The summed E-state index contributed by atoms with van der Waals surface area (Å²) >= 11 is 0. The van der Waals surface area contributed by atoms with E-state index in [0.717, 1.165) is 18.2 Å². The van der Waals surface area contributed by atoms with E-state index >= 15 is 0 Å². The summed E-state index contributed by atoms with van der Waals surface area (Å²) in [5.41, 5.74) is 6.14. The number of aromatic carboxylic acids is 1. The molecule has 0 fully saturated rings. The lowest BCUT2D eigenvalue weighted by atomic mass is 10.1. The number of aromatic nitrogens is 1. The Balaban J connectivity index is 2.14. The highest BCUT2D eigenvalue weighted by atomic mass is 19.1. The maximum Gasteiger partial charge on any atom is 0.337 e. The topological polar surface area (TPSA) is 105 Å². The fourth-order valence-electron chi connectivity index (χ4n) is 1.71. The van der Waals surface area contributed by atoms with Gasteiger partial charge in [0.15, 0.2) is 0 Å². The summed E-state index contributed by atoms with van der Waals surface area (Å²) < 4.78 is 13.2. The lowest BCUT2D eigenvalue weighted by molar-refractivity contribution is -0.115. The van der Waals surface area contributed by atoms with E-state index in [1.165, 1.54) is 6.20 Å². The average molecular weight is 289 g/mol. The van der Waals surface area contributed by atoms with Crippen molar-refractivity contribution >= 4 is 23.3 Å². The van der Waals surface area contributed by atoms with E-state index in [2.05, 4.69) is 10.3 Å². The minimum Gasteiger partial charge on any atom is -0.478 e. The van der Waals surface area contributed by atoms with E-state index in [1.807, 2.05) is 0 Å². The Labute approximate surface area is 119 Å². The molecule has 6 nitrogen and oxygen atoms in total. The van der Waals surface area contributed by atoms with Gasteiger partial charge in [0.05, 0.1) is 29.6 Å². The van der Waals surface area contributed by atoms with Crippen molar-refractivity contribution in [2.75, 3.05) is 11.1 Å². The zero-order chi connectivity index (χ0) is 15.4. The van der Waals surface area contributed by atoms with Crippen LogP contribution in [0.4, 0.5) is 15.8 Å². The molecule has 1 aromatic heterocycles. The second kappa shape index (κ2) is 6.00. The van der Waals surface area contributed by atoms with Gasteiger partial charge < -0.3 is 16.2 Å². The first-order valence-electron chi connectivity index (χ1n) is 5.99. The maximum atomic E-state index is 13.2. The fourth-order valence-corrected chi connectivity index (χ4v) is 1.71. The van der Waals surface area contributed by atoms with E-state index in [0.29, 0.717) is 11.4 Å². The number of nitrogen functional groups attached to an aromatic ring is 1. The number of nitrogens with one attached hydrogen (secondary N) is 1. The number of carbonyl (C=O) groups excluding carboxylic acids is 1. The summed E-state index contributed by atoms with van der Waals surface area (Å²) in [4.78, 5) is 26.8. The zero-order valence-electron chi connectivity index (χ0n) is 10.8. The molecule has 7 heteroatoms. The van der Waals surface area contributed by atoms with Gasteiger partial charge >= 0.3 is 5.97 Å². The smallest absolute Gasteiger partial charge is 0.337 e. The van der Waals surface area contributed by atoms with Crippen LogP contribution in [0.5, 0.6) is 0 Å². The van der Waals surface area contributed by atoms with Gasteiger partial charge in [-0.15, -0.1) is 0 Å². The number of hydrogen-bond acceptors (Lipinski definition) is 4. The normalized spacial score (nSPS) is 10.1. The predicted octanol–water partition coefficient (Wildman–Crippen LogP) is 1.68. The number of amides is 1. The minimum atomic E-state index is -1.25. The number of benzene rings is 1. The summed E-state index contributed by atoms with van der Waals surface area (Å²) in [7, 11) is 0. The van der Waals surface area contributed by atoms with E-state index < -0.39 is 17.7 Å². The third-order valence-electron chi connectivity index (χ3n) is 2.68. The summed E-state index contributed by atoms with van der Waals surface area (Å²) in [5, 5.41) is 11.4. The van der Waals surface area contributed by atoms with Gasteiger partial charge in [-0.1, -0.05) is 0 Å². The lowest BCUT2D eigenvalue weighted by Crippen LogP contribution is -2.17. The molecule has 1 heterocycles. The van der Waals surface area contributed by atoms with Gasteiger partial charge in [0.25, 0.3) is 0 Å². The number of hydrogen-bond donors (Lipinski definition) is 3. The lowest BCUT2D eigenvalue weighted by Gasteiger charge is -2.08. The van der Waals surface area contributed by atoms with Crippen molar-refractivity contribution in [3.63, 3.8) is 0 Å². The van der Waals surface area contributed by atoms with Crippen LogP contribution in [0.15, 0.2) is 36.5 Å². The van der Waals surface area contributed by atoms with Gasteiger partial charge in [0.2, 0.25) is 5.91 Å². The van der Waals surface area contributed by atoms with Crippen LogP contribution in [0.25, 0.3) is 0 Å². The number of nitrogens with two attached hydrogens (primary N) is 1. The van der Waals surface area contributed by atoms with Crippen molar-refractivity contribution in [2.45, 2.75) is 6.42 Å². The number of halogens is 1. The zero-order valence-corrected chi connectivity index (χ0v) is 10.8. The summed E-state index contributed by atoms with van der Waals surface area (Å²) in [5.74, 6) is -2.39. The van der Waals surface area contributed by atoms with Crippen LogP contribution in [-0.4, -0.2) is 22.0 Å². The molecule has 21 heavy (non-hydrogen) atoms. The summed E-state index contributed by atoms with van der Waals surface area (Å²) in [6.45, 7) is 0. The molecule has 0 aliphatic rings. The molecule has 2 rings (SSSR count). The number of carboxylic acid groups (broad SMARTS) is 1. The highest BCUT2D eigenvalue weighted by Gasteiger charge is 2.14. The minimum absolute atomic E-state index is 0.0736. The Morgan fingerprint density at radius 1 is 1.29 bits per heavy atom. The molecule has 0 atom stereocenters. The van der Waals surface area contributed by atoms with Crippen molar-refractivity contribution in [1.82, 2.24) is 4.98 Å². The second-order valence-electron chi connectivity index (χ2n) is 4.30. The standard InChI is InChI=1S/C14H12FN3O3/c15-8-1-4-11(14(20)21)12(5-8)18-13(19)6-10-3-2-9(16)7-17-10/h1-5,7H,6,16H2,(H,18,19)(H,20,21). The van der Waals surface area contributed by atoms with Gasteiger partial charge in [-0.05, 0) is 30.3 Å². The molecule has 0 aliphatic heterocycles. The molecule has 0 saturated carbocycles. The van der Waals surface area contributed by atoms with Crippen LogP contribution in [0.3, 0.4) is 0 Å². The van der Waals surface area contributed by atoms with Gasteiger partial charge in [0, 0.05) is 5.69 Å². The quantitative estimate of drug-likeness (QED) is 0.794. The molecule has 0 unspecified atom stereocenters. The van der Waals surface area contributed by atoms with E-state index in [9.17, 15) is 14.0 Å². The molecule has 0 aliphatic carbocycles. The molecule has 1 aromatic carbocycles. The number of rotatable bonds is 4. The van der Waals surface area contributed by atoms with E-state index in [-0.39, 0.29) is 17.7 Å². The Kier molecular flexibility index (Phi) is 4.13. The van der Waals surface area contributed by atoms with Crippen LogP contribution in [0.1, 0.15) is 16.1 Å². The SMILES string of the molecule is Nc1ccc(CC(=O)Nc2cc(F)ccc2C(=O)O)nc1. The highest BCUT2D eigenvalue weighted by Crippen LogP contribution is 2.17. The van der Waals surface area contributed by atoms with Crippen molar-refractivity contribution < 1.29 is 19.1 Å². The van der Waals surface area contributed by atoms with Crippen LogP contribution < -0.4 is 11.1 Å². The molecule has 1 amide bonds. The number of carboxylic acids is 1. The van der Waals surface area contributed by atoms with Crippen LogP contribution in [0, 0.1) is 5.82 Å². The first kappa shape index (κ1) is 14.4. The molecular formula is C14H12FN3O3. The Morgan fingerprint density at radius 2 is 2.05 bits per heavy atom. The Hall–Kier alpha value is -2.96. The average Bonchev–Trinajstić information content (AvgIpc) is 2.41. The van der Waals surface area contributed by atoms with Crippen LogP contribution >= 0.6 is 0 Å². The van der Waals surface area contributed by atoms with Gasteiger partial charge in [-0.25, -0.2) is 9.18 Å². The molecular weight excluding hydrogens is 277 g/mol. The van der Waals surface area contributed by atoms with Gasteiger partial charge in [-0.2, -0.15) is 0 Å². The van der Waals surface area contributed by atoms with E-state index in [4.69, 9.17) is 10.8 Å². The van der Waals surface area contributed by atoms with Crippen molar-refractivity contribution in [3.05, 3.63) is 53.6 Å². The van der Waals surface area contributed by atoms with Gasteiger partial charge in [0.1, 0.15) is 5.82 Å². The molecule has 4 N–H and O–H groups in total. The van der Waals surface area contributed by atoms with Crippen molar-refractivity contribution in [1.29, 1.82) is 0 Å². The molecule has 0 saturated heterocycles. The first-order valence-corrected chi connectivity index (χ1v) is 5.99. The highest BCUT2D eigenvalue weighted by molar-refractivity contribution is 6.00. The first-order chi connectivity index (χ1) is 9.95. The number of pyridine rings is 1. The van der Waals surface area contributed by atoms with Crippen molar-refractivity contribution in [2.24, 2.45) is 0 Å². The second-order valence-corrected chi connectivity index (χ2v) is 4.30. The predicted molar refractivity (Wildman–Crippen MR) is 74.3 cm³/mol. The molecule has 0 bridgehead atoms. The fraction of sp³-hybridized carbons (Fsp3) is 0.0714. The van der Waals surface area contributed by atoms with Crippen molar-refractivity contribution in [3.8, 4) is 0 Å². The van der Waals surface area contributed by atoms with E-state index in [1.54, 1.807) is 12.1 Å². The van der Waals surface area contributed by atoms with Crippen LogP contribution in [0.2, 0.25) is 0 Å². The Bertz CT molecular complexity index is 686. The molecule has 108 valence electrons. The molecule has 0 radical (unpaired) electrons. The third-order valence-corrected chi connectivity index (χ3v) is 2.68. The monoisotopic (exact) mass is 289 g/mol. The van der Waals surface area contributed by atoms with Gasteiger partial charge in [-0.3, -0.25) is 9.78 Å². The number of carbonyl (C=O) groups is 2. The number of anilines is 2. The largest absolute Gasteiger partial charge is 0.478 e. The summed E-state index contributed by atoms with van der Waals surface area (Å²) in [6.07, 6.45) is 1.34. The Morgan fingerprint density at radius 3 is 2.67 bits per heavy atom. The summed E-state index contributed by atoms with van der Waals surface area (Å²) in [6, 6.07) is 6.24.